The molecule has 2 aromatic carbocycles. The van der Waals surface area contributed by atoms with E-state index in [1.54, 1.807) is 5.57 Å². The van der Waals surface area contributed by atoms with Gasteiger partial charge >= 0.3 is 0 Å². The van der Waals surface area contributed by atoms with Crippen LogP contribution in [0.2, 0.25) is 0 Å². The highest BCUT2D eigenvalue weighted by atomic mass is 15.4. The summed E-state index contributed by atoms with van der Waals surface area (Å²) in [6.45, 7) is 9.16. The summed E-state index contributed by atoms with van der Waals surface area (Å²) in [6.07, 6.45) is 4.51. The number of anilines is 2. The van der Waals surface area contributed by atoms with E-state index in [0.717, 1.165) is 19.3 Å². The fraction of sp³-hybridized carbons (Fsp3) is 0.348. The van der Waals surface area contributed by atoms with Gasteiger partial charge in [0.25, 0.3) is 0 Å². The SMILES string of the molecule is CCCC1=C(CC)N(c2ccccc2)[CH]N(c2ccccc2)C1CC. The van der Waals surface area contributed by atoms with Gasteiger partial charge in [0.2, 0.25) is 0 Å². The number of hydrogen-bond donors (Lipinski definition) is 0. The fourth-order valence-corrected chi connectivity index (χ4v) is 3.87. The quantitative estimate of drug-likeness (QED) is 0.605. The smallest absolute Gasteiger partial charge is 0.147 e. The second-order valence-electron chi connectivity index (χ2n) is 6.56. The topological polar surface area (TPSA) is 6.48 Å². The van der Waals surface area contributed by atoms with Crippen LogP contribution in [0.1, 0.15) is 46.5 Å². The third-order valence-corrected chi connectivity index (χ3v) is 4.97. The number of hydrogen-bond acceptors (Lipinski definition) is 2. The maximum atomic E-state index is 2.46. The maximum Gasteiger partial charge on any atom is 0.147 e. The van der Waals surface area contributed by atoms with E-state index < -0.39 is 0 Å². The Balaban J connectivity index is 2.10. The minimum Gasteiger partial charge on any atom is -0.341 e. The zero-order valence-electron chi connectivity index (χ0n) is 15.7. The Kier molecular flexibility index (Phi) is 5.80. The predicted molar refractivity (Wildman–Crippen MR) is 108 cm³/mol. The Hall–Kier alpha value is -2.22. The van der Waals surface area contributed by atoms with Crippen LogP contribution in [0.5, 0.6) is 0 Å². The van der Waals surface area contributed by atoms with Crippen LogP contribution in [0.15, 0.2) is 71.9 Å². The summed E-state index contributed by atoms with van der Waals surface area (Å²) in [5.74, 6) is 0. The van der Waals surface area contributed by atoms with Crippen molar-refractivity contribution in [3.05, 3.63) is 78.6 Å². The van der Waals surface area contributed by atoms with Gasteiger partial charge in [-0.15, -0.1) is 0 Å². The first-order valence-electron chi connectivity index (χ1n) is 9.54. The Morgan fingerprint density at radius 2 is 1.40 bits per heavy atom. The Labute approximate surface area is 152 Å². The molecule has 0 saturated heterocycles. The molecule has 0 bridgehead atoms. The first-order valence-corrected chi connectivity index (χ1v) is 9.54. The second-order valence-corrected chi connectivity index (χ2v) is 6.56. The molecule has 0 amide bonds. The maximum absolute atomic E-state index is 2.46. The van der Waals surface area contributed by atoms with E-state index in [-0.39, 0.29) is 0 Å². The average molecular weight is 333 g/mol. The molecular weight excluding hydrogens is 304 g/mol. The Morgan fingerprint density at radius 3 is 1.92 bits per heavy atom. The Bertz CT molecular complexity index is 691. The standard InChI is InChI=1S/C23H29N2/c1-4-13-21-22(5-2)24(19-14-9-7-10-15-19)18-25(23(21)6-3)20-16-11-8-12-17-20/h7-12,14-18,22H,4-6,13H2,1-3H3. The second kappa shape index (κ2) is 8.24. The lowest BCUT2D eigenvalue weighted by molar-refractivity contribution is 0.598. The summed E-state index contributed by atoms with van der Waals surface area (Å²) in [5, 5.41) is 0. The van der Waals surface area contributed by atoms with E-state index in [0.29, 0.717) is 6.04 Å². The van der Waals surface area contributed by atoms with E-state index in [1.165, 1.54) is 23.5 Å². The van der Waals surface area contributed by atoms with Gasteiger partial charge in [-0.25, -0.2) is 0 Å². The number of benzene rings is 2. The Morgan fingerprint density at radius 1 is 0.800 bits per heavy atom. The number of allylic oxidation sites excluding steroid dienone is 1. The molecule has 131 valence electrons. The van der Waals surface area contributed by atoms with Gasteiger partial charge < -0.3 is 9.80 Å². The molecule has 0 N–H and O–H groups in total. The normalized spacial score (nSPS) is 18.0. The van der Waals surface area contributed by atoms with E-state index in [4.69, 9.17) is 0 Å². The number of rotatable bonds is 6. The zero-order chi connectivity index (χ0) is 17.6. The molecule has 0 spiro atoms. The molecule has 3 rings (SSSR count). The third-order valence-electron chi connectivity index (χ3n) is 4.97. The van der Waals surface area contributed by atoms with Gasteiger partial charge in [-0.1, -0.05) is 63.6 Å². The lowest BCUT2D eigenvalue weighted by Gasteiger charge is -2.46. The summed E-state index contributed by atoms with van der Waals surface area (Å²) in [7, 11) is 0. The van der Waals surface area contributed by atoms with E-state index in [9.17, 15) is 0 Å². The summed E-state index contributed by atoms with van der Waals surface area (Å²) in [4.78, 5) is 4.85. The first kappa shape index (κ1) is 17.6. The monoisotopic (exact) mass is 333 g/mol. The van der Waals surface area contributed by atoms with Crippen LogP contribution < -0.4 is 9.80 Å². The van der Waals surface area contributed by atoms with Crippen molar-refractivity contribution in [1.29, 1.82) is 0 Å². The third kappa shape index (κ3) is 3.58. The van der Waals surface area contributed by atoms with Crippen LogP contribution in [-0.2, 0) is 0 Å². The van der Waals surface area contributed by atoms with Gasteiger partial charge in [-0.2, -0.15) is 0 Å². The molecule has 1 aliphatic rings. The first-order chi connectivity index (χ1) is 12.3. The van der Waals surface area contributed by atoms with Crippen LogP contribution in [0.3, 0.4) is 0 Å². The summed E-state index contributed by atoms with van der Waals surface area (Å²) in [5.41, 5.74) is 5.55. The van der Waals surface area contributed by atoms with Crippen molar-refractivity contribution in [2.45, 2.75) is 52.5 Å². The van der Waals surface area contributed by atoms with Crippen molar-refractivity contribution in [2.75, 3.05) is 9.80 Å². The summed E-state index contributed by atoms with van der Waals surface area (Å²) in [6, 6.07) is 21.9. The molecule has 0 aromatic heterocycles. The van der Waals surface area contributed by atoms with Crippen molar-refractivity contribution in [2.24, 2.45) is 0 Å². The molecule has 2 heteroatoms. The van der Waals surface area contributed by atoms with Crippen molar-refractivity contribution in [3.63, 3.8) is 0 Å². The van der Waals surface area contributed by atoms with Gasteiger partial charge in [0.1, 0.15) is 6.67 Å². The lowest BCUT2D eigenvalue weighted by Crippen LogP contribution is -2.46. The molecule has 2 nitrogen and oxygen atoms in total. The molecule has 0 saturated carbocycles. The predicted octanol–water partition coefficient (Wildman–Crippen LogP) is 6.38. The van der Waals surface area contributed by atoms with Crippen LogP contribution in [0.4, 0.5) is 11.4 Å². The fourth-order valence-electron chi connectivity index (χ4n) is 3.87. The molecule has 1 unspecified atom stereocenters. The zero-order valence-corrected chi connectivity index (χ0v) is 15.7. The van der Waals surface area contributed by atoms with E-state index in [1.807, 2.05) is 0 Å². The molecule has 1 heterocycles. The minimum atomic E-state index is 0.442. The van der Waals surface area contributed by atoms with Gasteiger partial charge in [0, 0.05) is 17.1 Å². The summed E-state index contributed by atoms with van der Waals surface area (Å²) >= 11 is 0. The molecule has 1 aliphatic heterocycles. The van der Waals surface area contributed by atoms with Crippen molar-refractivity contribution in [3.8, 4) is 0 Å². The average Bonchev–Trinajstić information content (AvgIpc) is 2.68. The van der Waals surface area contributed by atoms with Crippen LogP contribution in [0, 0.1) is 6.67 Å². The number of para-hydroxylation sites is 2. The van der Waals surface area contributed by atoms with Crippen LogP contribution >= 0.6 is 0 Å². The molecular formula is C23H29N2. The highest BCUT2D eigenvalue weighted by molar-refractivity contribution is 5.64. The minimum absolute atomic E-state index is 0.442. The number of nitrogens with zero attached hydrogens (tertiary/aromatic N) is 2. The van der Waals surface area contributed by atoms with E-state index >= 15 is 0 Å². The van der Waals surface area contributed by atoms with E-state index in [2.05, 4.69) is 97.9 Å². The molecule has 0 fully saturated rings. The highest BCUT2D eigenvalue weighted by Crippen LogP contribution is 2.38. The molecule has 1 atom stereocenters. The molecule has 25 heavy (non-hydrogen) atoms. The van der Waals surface area contributed by atoms with Gasteiger partial charge in [-0.3, -0.25) is 0 Å². The highest BCUT2D eigenvalue weighted by Gasteiger charge is 2.32. The van der Waals surface area contributed by atoms with Crippen LogP contribution in [0.25, 0.3) is 0 Å². The van der Waals surface area contributed by atoms with Crippen molar-refractivity contribution < 1.29 is 0 Å². The van der Waals surface area contributed by atoms with Gasteiger partial charge in [-0.05, 0) is 49.1 Å². The summed E-state index contributed by atoms with van der Waals surface area (Å²) < 4.78 is 0. The van der Waals surface area contributed by atoms with Gasteiger partial charge in [0.15, 0.2) is 0 Å². The molecule has 2 aromatic rings. The van der Waals surface area contributed by atoms with Crippen molar-refractivity contribution >= 4 is 11.4 Å². The molecule has 0 aliphatic carbocycles. The van der Waals surface area contributed by atoms with Crippen LogP contribution in [-0.4, -0.2) is 6.04 Å². The molecule has 1 radical (unpaired) electrons. The van der Waals surface area contributed by atoms with Gasteiger partial charge in [0.05, 0.1) is 6.04 Å². The van der Waals surface area contributed by atoms with Crippen molar-refractivity contribution in [1.82, 2.24) is 0 Å². The lowest BCUT2D eigenvalue weighted by atomic mass is 9.92. The largest absolute Gasteiger partial charge is 0.341 e.